The van der Waals surface area contributed by atoms with Gasteiger partial charge in [-0.15, -0.1) is 0 Å². The number of rotatable bonds is 3. The fourth-order valence-electron chi connectivity index (χ4n) is 3.24. The van der Waals surface area contributed by atoms with Gasteiger partial charge in [0.15, 0.2) is 11.5 Å². The van der Waals surface area contributed by atoms with Crippen LogP contribution in [0.5, 0.6) is 0 Å². The van der Waals surface area contributed by atoms with Gasteiger partial charge >= 0.3 is 0 Å². The number of benzene rings is 2. The van der Waals surface area contributed by atoms with Gasteiger partial charge in [-0.2, -0.15) is 0 Å². The van der Waals surface area contributed by atoms with Crippen LogP contribution in [0.3, 0.4) is 0 Å². The maximum Gasteiger partial charge on any atom is 0.276 e. The van der Waals surface area contributed by atoms with Crippen molar-refractivity contribution in [2.75, 3.05) is 26.2 Å². The normalized spacial score (nSPS) is 14.1. The van der Waals surface area contributed by atoms with Crippen molar-refractivity contribution in [3.63, 3.8) is 0 Å². The number of aromatic nitrogens is 1. The van der Waals surface area contributed by atoms with E-state index in [1.54, 1.807) is 52.3 Å². The second-order valence-corrected chi connectivity index (χ2v) is 7.03. The molecule has 1 fully saturated rings. The summed E-state index contributed by atoms with van der Waals surface area (Å²) in [5.74, 6) is -0.736. The third kappa shape index (κ3) is 3.86. The smallest absolute Gasteiger partial charge is 0.276 e. The molecule has 1 saturated heterocycles. The van der Waals surface area contributed by atoms with Crippen molar-refractivity contribution >= 4 is 23.4 Å². The Labute approximate surface area is 171 Å². The van der Waals surface area contributed by atoms with Gasteiger partial charge in [0.05, 0.1) is 16.1 Å². The van der Waals surface area contributed by atoms with Crippen LogP contribution in [-0.2, 0) is 0 Å². The van der Waals surface area contributed by atoms with E-state index in [-0.39, 0.29) is 28.8 Å². The van der Waals surface area contributed by atoms with Crippen LogP contribution in [0.25, 0.3) is 11.3 Å². The molecule has 1 aliphatic heterocycles. The van der Waals surface area contributed by atoms with E-state index in [1.165, 1.54) is 12.1 Å². The molecular formula is C21H17ClFN3O3. The van der Waals surface area contributed by atoms with Crippen LogP contribution in [0.4, 0.5) is 4.39 Å². The molecule has 0 unspecified atom stereocenters. The molecule has 2 heterocycles. The van der Waals surface area contributed by atoms with Gasteiger partial charge in [0.1, 0.15) is 5.82 Å². The van der Waals surface area contributed by atoms with Crippen molar-refractivity contribution in [2.45, 2.75) is 0 Å². The lowest BCUT2D eigenvalue weighted by Crippen LogP contribution is -2.50. The average Bonchev–Trinajstić information content (AvgIpc) is 3.23. The Morgan fingerprint density at radius 3 is 2.24 bits per heavy atom. The van der Waals surface area contributed by atoms with Crippen molar-refractivity contribution in [1.82, 2.24) is 15.0 Å². The molecule has 6 nitrogen and oxygen atoms in total. The summed E-state index contributed by atoms with van der Waals surface area (Å²) in [5, 5.41) is 4.19. The molecule has 0 saturated carbocycles. The van der Waals surface area contributed by atoms with Crippen LogP contribution < -0.4 is 0 Å². The molecule has 4 rings (SSSR count). The molecule has 1 aromatic heterocycles. The van der Waals surface area contributed by atoms with Gasteiger partial charge in [-0.25, -0.2) is 4.39 Å². The maximum absolute atomic E-state index is 13.9. The summed E-state index contributed by atoms with van der Waals surface area (Å²) in [6, 6.07) is 14.4. The first-order valence-corrected chi connectivity index (χ1v) is 9.47. The van der Waals surface area contributed by atoms with E-state index < -0.39 is 5.82 Å². The Kier molecular flexibility index (Phi) is 5.31. The fraction of sp³-hybridized carbons (Fsp3) is 0.190. The first-order valence-electron chi connectivity index (χ1n) is 9.09. The molecule has 8 heteroatoms. The monoisotopic (exact) mass is 413 g/mol. The van der Waals surface area contributed by atoms with E-state index in [4.69, 9.17) is 16.1 Å². The molecule has 148 valence electrons. The van der Waals surface area contributed by atoms with Crippen molar-refractivity contribution < 1.29 is 18.5 Å². The van der Waals surface area contributed by atoms with Gasteiger partial charge in [-0.05, 0) is 24.3 Å². The zero-order valence-electron chi connectivity index (χ0n) is 15.3. The van der Waals surface area contributed by atoms with Crippen LogP contribution in [0, 0.1) is 5.82 Å². The molecule has 3 aromatic rings. The van der Waals surface area contributed by atoms with Crippen LogP contribution in [0.2, 0.25) is 5.02 Å². The Hall–Kier alpha value is -3.19. The van der Waals surface area contributed by atoms with E-state index in [0.717, 1.165) is 0 Å². The molecular weight excluding hydrogens is 397 g/mol. The molecule has 0 bridgehead atoms. The predicted molar refractivity (Wildman–Crippen MR) is 105 cm³/mol. The van der Waals surface area contributed by atoms with E-state index in [0.29, 0.717) is 36.8 Å². The molecule has 0 radical (unpaired) electrons. The largest absolute Gasteiger partial charge is 0.355 e. The SMILES string of the molecule is O=C(c1cc(-c2ccccc2F)on1)N1CCN(C(=O)c2ccccc2Cl)CC1. The minimum Gasteiger partial charge on any atom is -0.355 e. The number of nitrogens with zero attached hydrogens (tertiary/aromatic N) is 3. The van der Waals surface area contributed by atoms with Crippen LogP contribution in [0.15, 0.2) is 59.1 Å². The summed E-state index contributed by atoms with van der Waals surface area (Å²) in [7, 11) is 0. The van der Waals surface area contributed by atoms with Gasteiger partial charge in [-0.1, -0.05) is 41.0 Å². The number of carbonyl (C=O) groups excluding carboxylic acids is 2. The van der Waals surface area contributed by atoms with Crippen LogP contribution in [0.1, 0.15) is 20.8 Å². The summed E-state index contributed by atoms with van der Waals surface area (Å²) < 4.78 is 19.1. The molecule has 0 aliphatic carbocycles. The Morgan fingerprint density at radius 2 is 1.55 bits per heavy atom. The lowest BCUT2D eigenvalue weighted by Gasteiger charge is -2.34. The number of halogens is 2. The highest BCUT2D eigenvalue weighted by Gasteiger charge is 2.28. The minimum absolute atomic E-state index is 0.106. The van der Waals surface area contributed by atoms with E-state index in [2.05, 4.69) is 5.16 Å². The molecule has 29 heavy (non-hydrogen) atoms. The molecule has 2 aromatic carbocycles. The first kappa shape index (κ1) is 19.1. The highest BCUT2D eigenvalue weighted by Crippen LogP contribution is 2.24. The highest BCUT2D eigenvalue weighted by molar-refractivity contribution is 6.33. The quantitative estimate of drug-likeness (QED) is 0.656. The Morgan fingerprint density at radius 1 is 0.931 bits per heavy atom. The van der Waals surface area contributed by atoms with E-state index >= 15 is 0 Å². The minimum atomic E-state index is -0.450. The number of carbonyl (C=O) groups is 2. The number of hydrogen-bond acceptors (Lipinski definition) is 4. The third-order valence-corrected chi connectivity index (χ3v) is 5.16. The van der Waals surface area contributed by atoms with Gasteiger partial charge in [0.2, 0.25) is 0 Å². The van der Waals surface area contributed by atoms with Gasteiger partial charge in [0.25, 0.3) is 11.8 Å². The third-order valence-electron chi connectivity index (χ3n) is 4.83. The Balaban J connectivity index is 1.42. The zero-order valence-corrected chi connectivity index (χ0v) is 16.1. The van der Waals surface area contributed by atoms with E-state index in [9.17, 15) is 14.0 Å². The standard InChI is InChI=1S/C21H17ClFN3O3/c22-16-7-3-1-5-14(16)20(27)25-9-11-26(12-10-25)21(28)18-13-19(29-24-18)15-6-2-4-8-17(15)23/h1-8,13H,9-12H2. The number of hydrogen-bond donors (Lipinski definition) is 0. The molecule has 0 atom stereocenters. The fourth-order valence-corrected chi connectivity index (χ4v) is 3.46. The second kappa shape index (κ2) is 8.05. The van der Waals surface area contributed by atoms with Gasteiger partial charge < -0.3 is 14.3 Å². The van der Waals surface area contributed by atoms with Crippen molar-refractivity contribution in [1.29, 1.82) is 0 Å². The summed E-state index contributed by atoms with van der Waals surface area (Å²) in [4.78, 5) is 28.6. The van der Waals surface area contributed by atoms with E-state index in [1.807, 2.05) is 0 Å². The van der Waals surface area contributed by atoms with Crippen LogP contribution in [-0.4, -0.2) is 52.9 Å². The van der Waals surface area contributed by atoms with Gasteiger partial charge in [0, 0.05) is 32.2 Å². The summed E-state index contributed by atoms with van der Waals surface area (Å²) >= 11 is 6.10. The molecule has 2 amide bonds. The summed E-state index contributed by atoms with van der Waals surface area (Å²) in [6.45, 7) is 1.48. The van der Waals surface area contributed by atoms with Crippen LogP contribution >= 0.6 is 11.6 Å². The summed E-state index contributed by atoms with van der Waals surface area (Å²) in [5.41, 5.74) is 0.795. The highest BCUT2D eigenvalue weighted by atomic mass is 35.5. The second-order valence-electron chi connectivity index (χ2n) is 6.62. The lowest BCUT2D eigenvalue weighted by molar-refractivity contribution is 0.0530. The van der Waals surface area contributed by atoms with Gasteiger partial charge in [-0.3, -0.25) is 9.59 Å². The van der Waals surface area contributed by atoms with Crippen molar-refractivity contribution in [3.8, 4) is 11.3 Å². The summed E-state index contributed by atoms with van der Waals surface area (Å²) in [6.07, 6.45) is 0. The molecule has 0 spiro atoms. The predicted octanol–water partition coefficient (Wildman–Crippen LogP) is 3.73. The van der Waals surface area contributed by atoms with Crippen molar-refractivity contribution in [2.24, 2.45) is 0 Å². The Bertz CT molecular complexity index is 1060. The number of amides is 2. The zero-order chi connectivity index (χ0) is 20.4. The number of piperazine rings is 1. The average molecular weight is 414 g/mol. The first-order chi connectivity index (χ1) is 14.0. The maximum atomic E-state index is 13.9. The lowest BCUT2D eigenvalue weighted by atomic mass is 10.1. The van der Waals surface area contributed by atoms with Crippen molar-refractivity contribution in [3.05, 3.63) is 76.7 Å². The topological polar surface area (TPSA) is 66.7 Å². The molecule has 0 N–H and O–H groups in total. The molecule has 1 aliphatic rings.